The van der Waals surface area contributed by atoms with Gasteiger partial charge in [-0.25, -0.2) is 4.79 Å². The number of carboxylic acids is 1. The number of anilines is 1. The Morgan fingerprint density at radius 3 is 2.24 bits per heavy atom. The molecule has 0 aromatic heterocycles. The molecule has 7 heteroatoms. The number of hydrogen-bond donors (Lipinski definition) is 2. The third kappa shape index (κ3) is 4.39. The summed E-state index contributed by atoms with van der Waals surface area (Å²) < 4.78 is 0. The van der Waals surface area contributed by atoms with Crippen molar-refractivity contribution in [3.8, 4) is 17.2 Å². The van der Waals surface area contributed by atoms with E-state index in [-0.39, 0.29) is 24.3 Å². The SMILES string of the molecule is CC(C)C(C(=O)O)N1Cc2ccc(-c3ccc(NC(=O)c4ccc(C#N)cc4)cc3)cc2C1=O. The predicted octanol–water partition coefficient (Wildman–Crippen LogP) is 4.54. The number of carbonyl (C=O) groups excluding carboxylic acids is 2. The van der Waals surface area contributed by atoms with Crippen LogP contribution in [0.2, 0.25) is 0 Å². The number of rotatable bonds is 6. The summed E-state index contributed by atoms with van der Waals surface area (Å²) in [6.07, 6.45) is 0. The van der Waals surface area contributed by atoms with Crippen molar-refractivity contribution in [2.24, 2.45) is 5.92 Å². The zero-order valence-electron chi connectivity index (χ0n) is 18.8. The maximum Gasteiger partial charge on any atom is 0.326 e. The Bertz CT molecular complexity index is 1310. The summed E-state index contributed by atoms with van der Waals surface area (Å²) in [6, 6.07) is 20.3. The van der Waals surface area contributed by atoms with Crippen LogP contribution < -0.4 is 5.32 Å². The molecular formula is C27H23N3O4. The molecule has 1 heterocycles. The van der Waals surface area contributed by atoms with Crippen LogP contribution in [-0.2, 0) is 11.3 Å². The molecule has 2 N–H and O–H groups in total. The molecule has 170 valence electrons. The summed E-state index contributed by atoms with van der Waals surface area (Å²) in [5.41, 5.74) is 4.57. The van der Waals surface area contributed by atoms with Crippen molar-refractivity contribution in [1.82, 2.24) is 4.90 Å². The van der Waals surface area contributed by atoms with E-state index < -0.39 is 12.0 Å². The van der Waals surface area contributed by atoms with Crippen molar-refractivity contribution in [1.29, 1.82) is 5.26 Å². The lowest BCUT2D eigenvalue weighted by atomic mass is 10.00. The van der Waals surface area contributed by atoms with Crippen molar-refractivity contribution >= 4 is 23.5 Å². The third-order valence-electron chi connectivity index (χ3n) is 5.91. The number of aliphatic carboxylic acids is 1. The van der Waals surface area contributed by atoms with Gasteiger partial charge in [0.2, 0.25) is 0 Å². The Balaban J connectivity index is 1.50. The van der Waals surface area contributed by atoms with Crippen molar-refractivity contribution in [2.75, 3.05) is 5.32 Å². The van der Waals surface area contributed by atoms with E-state index in [0.29, 0.717) is 22.4 Å². The van der Waals surface area contributed by atoms with E-state index in [1.54, 1.807) is 56.3 Å². The molecule has 7 nitrogen and oxygen atoms in total. The van der Waals surface area contributed by atoms with Crippen LogP contribution in [-0.4, -0.2) is 33.8 Å². The smallest absolute Gasteiger partial charge is 0.326 e. The molecule has 1 aliphatic heterocycles. The standard InChI is InChI=1S/C27H23N3O4/c1-16(2)24(27(33)34)30-15-21-8-7-20(13-23(21)26(30)32)18-9-11-22(12-10-18)29-25(31)19-5-3-17(14-28)4-6-19/h3-13,16,24H,15H2,1-2H3,(H,29,31)(H,33,34). The van der Waals surface area contributed by atoms with Gasteiger partial charge in [-0.1, -0.05) is 38.1 Å². The van der Waals surface area contributed by atoms with E-state index in [4.69, 9.17) is 5.26 Å². The molecule has 0 bridgehead atoms. The number of hydrogen-bond acceptors (Lipinski definition) is 4. The third-order valence-corrected chi connectivity index (χ3v) is 5.91. The lowest BCUT2D eigenvalue weighted by molar-refractivity contribution is -0.144. The van der Waals surface area contributed by atoms with Crippen LogP contribution in [0, 0.1) is 17.2 Å². The second kappa shape index (κ2) is 9.20. The molecule has 2 amide bonds. The van der Waals surface area contributed by atoms with Gasteiger partial charge in [-0.05, 0) is 65.1 Å². The molecule has 3 aromatic carbocycles. The fraction of sp³-hybridized carbons (Fsp3) is 0.185. The van der Waals surface area contributed by atoms with Gasteiger partial charge in [-0.3, -0.25) is 9.59 Å². The van der Waals surface area contributed by atoms with Gasteiger partial charge in [-0.15, -0.1) is 0 Å². The highest BCUT2D eigenvalue weighted by Crippen LogP contribution is 2.31. The second-order valence-electron chi connectivity index (χ2n) is 8.55. The van der Waals surface area contributed by atoms with Gasteiger partial charge in [0.05, 0.1) is 11.6 Å². The molecule has 1 aliphatic rings. The molecule has 0 radical (unpaired) electrons. The van der Waals surface area contributed by atoms with Crippen molar-refractivity contribution in [2.45, 2.75) is 26.4 Å². The maximum absolute atomic E-state index is 13.0. The fourth-order valence-electron chi connectivity index (χ4n) is 4.15. The van der Waals surface area contributed by atoms with Crippen LogP contribution >= 0.6 is 0 Å². The molecule has 34 heavy (non-hydrogen) atoms. The molecule has 0 aliphatic carbocycles. The van der Waals surface area contributed by atoms with Crippen molar-refractivity contribution in [3.63, 3.8) is 0 Å². The van der Waals surface area contributed by atoms with Gasteiger partial charge in [-0.2, -0.15) is 5.26 Å². The van der Waals surface area contributed by atoms with Crippen LogP contribution in [0.15, 0.2) is 66.7 Å². The number of carboxylic acid groups (broad SMARTS) is 1. The number of benzene rings is 3. The average Bonchev–Trinajstić information content (AvgIpc) is 3.14. The quantitative estimate of drug-likeness (QED) is 0.569. The zero-order chi connectivity index (χ0) is 24.4. The number of amides is 2. The van der Waals surface area contributed by atoms with Crippen molar-refractivity contribution in [3.05, 3.63) is 89.0 Å². The molecule has 1 unspecified atom stereocenters. The van der Waals surface area contributed by atoms with E-state index >= 15 is 0 Å². The number of nitriles is 1. The summed E-state index contributed by atoms with van der Waals surface area (Å²) in [4.78, 5) is 38.5. The molecule has 4 rings (SSSR count). The van der Waals surface area contributed by atoms with Gasteiger partial charge < -0.3 is 15.3 Å². The molecule has 0 saturated heterocycles. The zero-order valence-corrected chi connectivity index (χ0v) is 18.8. The van der Waals surface area contributed by atoms with E-state index in [0.717, 1.165) is 16.7 Å². The number of fused-ring (bicyclic) bond motifs is 1. The van der Waals surface area contributed by atoms with Gasteiger partial charge in [0.25, 0.3) is 11.8 Å². The lowest BCUT2D eigenvalue weighted by Crippen LogP contribution is -2.44. The van der Waals surface area contributed by atoms with E-state index in [2.05, 4.69) is 5.32 Å². The minimum absolute atomic E-state index is 0.206. The summed E-state index contributed by atoms with van der Waals surface area (Å²) in [5.74, 6) is -1.76. The Hall–Kier alpha value is -4.44. The fourth-order valence-corrected chi connectivity index (χ4v) is 4.15. The van der Waals surface area contributed by atoms with Gasteiger partial charge >= 0.3 is 5.97 Å². The normalized spacial score (nSPS) is 13.4. The molecule has 0 saturated carbocycles. The highest BCUT2D eigenvalue weighted by Gasteiger charge is 2.38. The first-order valence-corrected chi connectivity index (χ1v) is 10.9. The Morgan fingerprint density at radius 1 is 1.00 bits per heavy atom. The van der Waals surface area contributed by atoms with Crippen LogP contribution in [0.5, 0.6) is 0 Å². The molecule has 0 spiro atoms. The average molecular weight is 453 g/mol. The van der Waals surface area contributed by atoms with Crippen molar-refractivity contribution < 1.29 is 19.5 Å². The van der Waals surface area contributed by atoms with Crippen LogP contribution in [0.4, 0.5) is 5.69 Å². The highest BCUT2D eigenvalue weighted by molar-refractivity contribution is 6.04. The summed E-state index contributed by atoms with van der Waals surface area (Å²) >= 11 is 0. The number of nitrogens with zero attached hydrogens (tertiary/aromatic N) is 2. The largest absolute Gasteiger partial charge is 0.480 e. The lowest BCUT2D eigenvalue weighted by Gasteiger charge is -2.27. The summed E-state index contributed by atoms with van der Waals surface area (Å²) in [5, 5.41) is 21.3. The van der Waals surface area contributed by atoms with Gasteiger partial charge in [0.15, 0.2) is 0 Å². The first-order valence-electron chi connectivity index (χ1n) is 10.9. The summed E-state index contributed by atoms with van der Waals surface area (Å²) in [6.45, 7) is 3.87. The monoisotopic (exact) mass is 453 g/mol. The minimum Gasteiger partial charge on any atom is -0.480 e. The molecular weight excluding hydrogens is 430 g/mol. The molecule has 0 fully saturated rings. The number of nitrogens with one attached hydrogen (secondary N) is 1. The van der Waals surface area contributed by atoms with E-state index in [9.17, 15) is 19.5 Å². The molecule has 3 aromatic rings. The van der Waals surface area contributed by atoms with Gasteiger partial charge in [0.1, 0.15) is 6.04 Å². The first kappa shape index (κ1) is 22.7. The van der Waals surface area contributed by atoms with Crippen LogP contribution in [0.1, 0.15) is 45.7 Å². The predicted molar refractivity (Wildman–Crippen MR) is 127 cm³/mol. The Labute approximate surface area is 197 Å². The van der Waals surface area contributed by atoms with Crippen LogP contribution in [0.25, 0.3) is 11.1 Å². The van der Waals surface area contributed by atoms with E-state index in [1.807, 2.05) is 30.3 Å². The number of carbonyl (C=O) groups is 3. The van der Waals surface area contributed by atoms with E-state index in [1.165, 1.54) is 4.90 Å². The maximum atomic E-state index is 13.0. The second-order valence-corrected chi connectivity index (χ2v) is 8.55. The van der Waals surface area contributed by atoms with Crippen LogP contribution in [0.3, 0.4) is 0 Å². The Morgan fingerprint density at radius 2 is 1.65 bits per heavy atom. The highest BCUT2D eigenvalue weighted by atomic mass is 16.4. The summed E-state index contributed by atoms with van der Waals surface area (Å²) in [7, 11) is 0. The minimum atomic E-state index is -1.00. The molecule has 1 atom stereocenters. The Kier molecular flexibility index (Phi) is 6.15. The topological polar surface area (TPSA) is 110 Å². The van der Waals surface area contributed by atoms with Gasteiger partial charge in [0, 0.05) is 23.4 Å². The first-order chi connectivity index (χ1) is 16.3.